The van der Waals surface area contributed by atoms with Gasteiger partial charge in [-0.25, -0.2) is 22.9 Å². The Hall–Kier alpha value is -2.77. The molecule has 2 rings (SSSR count). The van der Waals surface area contributed by atoms with Crippen LogP contribution in [0.1, 0.15) is 10.4 Å². The van der Waals surface area contributed by atoms with Gasteiger partial charge in [0.25, 0.3) is 0 Å². The molecular weight excluding hydrogens is 275 g/mol. The van der Waals surface area contributed by atoms with Gasteiger partial charge in [-0.1, -0.05) is 0 Å². The van der Waals surface area contributed by atoms with E-state index in [0.717, 1.165) is 12.3 Å². The number of nitrogens with two attached hydrogens (primary N) is 1. The Kier molecular flexibility index (Phi) is 3.47. The molecule has 1 aromatic carbocycles. The fourth-order valence-electron chi connectivity index (χ4n) is 1.45. The summed E-state index contributed by atoms with van der Waals surface area (Å²) in [4.78, 5) is 14.4. The molecule has 0 aliphatic carbocycles. The molecule has 0 aliphatic heterocycles. The van der Waals surface area contributed by atoms with E-state index in [1.807, 2.05) is 0 Å². The summed E-state index contributed by atoms with van der Waals surface area (Å²) in [5.41, 5.74) is 4.95. The predicted molar refractivity (Wildman–Crippen MR) is 65.2 cm³/mol. The molecule has 20 heavy (non-hydrogen) atoms. The lowest BCUT2D eigenvalue weighted by Gasteiger charge is -2.10. The average molecular weight is 283 g/mol. The molecule has 2 aromatic rings. The second kappa shape index (κ2) is 5.08. The maximum atomic E-state index is 13.4. The first-order chi connectivity index (χ1) is 9.38. The van der Waals surface area contributed by atoms with E-state index in [2.05, 4.69) is 10.3 Å². The lowest BCUT2D eigenvalue weighted by molar-refractivity contribution is 0.0696. The van der Waals surface area contributed by atoms with Crippen molar-refractivity contribution in [2.75, 3.05) is 11.1 Å². The summed E-state index contributed by atoms with van der Waals surface area (Å²) >= 11 is 0. The number of pyridine rings is 1. The number of benzene rings is 1. The number of carboxylic acids is 1. The first-order valence-corrected chi connectivity index (χ1v) is 5.29. The smallest absolute Gasteiger partial charge is 0.337 e. The van der Waals surface area contributed by atoms with Gasteiger partial charge in [0.05, 0.1) is 16.9 Å². The van der Waals surface area contributed by atoms with Crippen LogP contribution in [0.3, 0.4) is 0 Å². The highest BCUT2D eigenvalue weighted by atomic mass is 19.2. The van der Waals surface area contributed by atoms with Crippen LogP contribution in [0.2, 0.25) is 0 Å². The minimum absolute atomic E-state index is 0.0695. The van der Waals surface area contributed by atoms with E-state index in [-0.39, 0.29) is 22.8 Å². The minimum atomic E-state index is -1.32. The number of aromatic nitrogens is 1. The van der Waals surface area contributed by atoms with Crippen LogP contribution >= 0.6 is 0 Å². The van der Waals surface area contributed by atoms with Crippen LogP contribution < -0.4 is 11.1 Å². The van der Waals surface area contributed by atoms with Gasteiger partial charge in [0.15, 0.2) is 17.5 Å². The largest absolute Gasteiger partial charge is 0.478 e. The number of halogens is 3. The van der Waals surface area contributed by atoms with E-state index in [1.165, 1.54) is 0 Å². The van der Waals surface area contributed by atoms with Crippen LogP contribution in [0.25, 0.3) is 0 Å². The number of nitrogen functional groups attached to an aromatic ring is 1. The van der Waals surface area contributed by atoms with Crippen LogP contribution in [0, 0.1) is 17.5 Å². The maximum Gasteiger partial charge on any atom is 0.337 e. The molecule has 0 amide bonds. The van der Waals surface area contributed by atoms with E-state index in [9.17, 15) is 18.0 Å². The summed E-state index contributed by atoms with van der Waals surface area (Å²) in [5, 5.41) is 11.1. The third-order valence-corrected chi connectivity index (χ3v) is 2.43. The van der Waals surface area contributed by atoms with Crippen molar-refractivity contribution in [3.05, 3.63) is 47.4 Å². The molecule has 0 unspecified atom stereocenters. The second-order valence-corrected chi connectivity index (χ2v) is 3.84. The molecule has 1 aromatic heterocycles. The van der Waals surface area contributed by atoms with Crippen molar-refractivity contribution < 1.29 is 23.1 Å². The summed E-state index contributed by atoms with van der Waals surface area (Å²) in [6, 6.07) is 2.09. The van der Waals surface area contributed by atoms with Crippen molar-refractivity contribution in [2.24, 2.45) is 0 Å². The van der Waals surface area contributed by atoms with E-state index in [4.69, 9.17) is 10.8 Å². The second-order valence-electron chi connectivity index (χ2n) is 3.84. The molecule has 8 heteroatoms. The van der Waals surface area contributed by atoms with Gasteiger partial charge in [0.1, 0.15) is 5.82 Å². The Morgan fingerprint density at radius 1 is 1.15 bits per heavy atom. The fourth-order valence-corrected chi connectivity index (χ4v) is 1.45. The Morgan fingerprint density at radius 2 is 1.80 bits per heavy atom. The standard InChI is InChI=1S/C12H8F3N3O2/c13-6-2-8(15)10(3-7(6)14)18-11-9(16)1-5(4-17-11)12(19)20/h1-4H,16H2,(H,17,18)(H,19,20). The van der Waals surface area contributed by atoms with Gasteiger partial charge in [-0.05, 0) is 6.07 Å². The quantitative estimate of drug-likeness (QED) is 0.753. The van der Waals surface area contributed by atoms with E-state index in [0.29, 0.717) is 12.1 Å². The zero-order valence-corrected chi connectivity index (χ0v) is 9.82. The van der Waals surface area contributed by atoms with Crippen LogP contribution in [0.15, 0.2) is 24.4 Å². The molecule has 0 radical (unpaired) electrons. The summed E-state index contributed by atoms with van der Waals surface area (Å²) in [6.07, 6.45) is 0.999. The van der Waals surface area contributed by atoms with E-state index < -0.39 is 23.4 Å². The lowest BCUT2D eigenvalue weighted by Crippen LogP contribution is -2.05. The van der Waals surface area contributed by atoms with Crippen molar-refractivity contribution in [1.82, 2.24) is 4.98 Å². The summed E-state index contributed by atoms with van der Waals surface area (Å²) in [5.74, 6) is -4.90. The molecular formula is C12H8F3N3O2. The van der Waals surface area contributed by atoms with E-state index in [1.54, 1.807) is 0 Å². The number of nitrogens with one attached hydrogen (secondary N) is 1. The number of hydrogen-bond acceptors (Lipinski definition) is 4. The number of nitrogens with zero attached hydrogens (tertiary/aromatic N) is 1. The number of carboxylic acid groups (broad SMARTS) is 1. The van der Waals surface area contributed by atoms with Gasteiger partial charge in [-0.2, -0.15) is 0 Å². The molecule has 0 saturated heterocycles. The van der Waals surface area contributed by atoms with Gasteiger partial charge in [-0.15, -0.1) is 0 Å². The normalized spacial score (nSPS) is 10.3. The number of rotatable bonds is 3. The van der Waals surface area contributed by atoms with Crippen molar-refractivity contribution in [2.45, 2.75) is 0 Å². The van der Waals surface area contributed by atoms with Crippen molar-refractivity contribution in [1.29, 1.82) is 0 Å². The molecule has 0 aliphatic rings. The highest BCUT2D eigenvalue weighted by Crippen LogP contribution is 2.25. The topological polar surface area (TPSA) is 88.2 Å². The van der Waals surface area contributed by atoms with Crippen LogP contribution in [-0.4, -0.2) is 16.1 Å². The molecule has 104 valence electrons. The third kappa shape index (κ3) is 2.63. The fraction of sp³-hybridized carbons (Fsp3) is 0. The molecule has 5 nitrogen and oxygen atoms in total. The Morgan fingerprint density at radius 3 is 2.40 bits per heavy atom. The maximum absolute atomic E-state index is 13.4. The number of carbonyl (C=O) groups is 1. The Labute approximate surface area is 110 Å². The molecule has 4 N–H and O–H groups in total. The zero-order chi connectivity index (χ0) is 14.9. The third-order valence-electron chi connectivity index (χ3n) is 2.43. The molecule has 0 fully saturated rings. The average Bonchev–Trinajstić information content (AvgIpc) is 2.37. The van der Waals surface area contributed by atoms with Crippen molar-refractivity contribution >= 4 is 23.2 Å². The highest BCUT2D eigenvalue weighted by Gasteiger charge is 2.13. The van der Waals surface area contributed by atoms with Crippen LogP contribution in [0.5, 0.6) is 0 Å². The van der Waals surface area contributed by atoms with E-state index >= 15 is 0 Å². The number of aromatic carboxylic acids is 1. The first-order valence-electron chi connectivity index (χ1n) is 5.29. The summed E-state index contributed by atoms with van der Waals surface area (Å²) in [7, 11) is 0. The lowest BCUT2D eigenvalue weighted by atomic mass is 10.2. The molecule has 0 bridgehead atoms. The number of hydrogen-bond donors (Lipinski definition) is 3. The monoisotopic (exact) mass is 283 g/mol. The van der Waals surface area contributed by atoms with Gasteiger partial charge in [0, 0.05) is 18.3 Å². The Balaban J connectivity index is 2.35. The SMILES string of the molecule is Nc1cc(C(=O)O)cnc1Nc1cc(F)c(F)cc1F. The number of anilines is 3. The molecule has 0 saturated carbocycles. The minimum Gasteiger partial charge on any atom is -0.478 e. The van der Waals surface area contributed by atoms with Crippen LogP contribution in [-0.2, 0) is 0 Å². The summed E-state index contributed by atoms with van der Waals surface area (Å²) < 4.78 is 39.2. The summed E-state index contributed by atoms with van der Waals surface area (Å²) in [6.45, 7) is 0. The highest BCUT2D eigenvalue weighted by molar-refractivity contribution is 5.89. The molecule has 1 heterocycles. The van der Waals surface area contributed by atoms with Crippen molar-refractivity contribution in [3.63, 3.8) is 0 Å². The van der Waals surface area contributed by atoms with Crippen molar-refractivity contribution in [3.8, 4) is 0 Å². The van der Waals surface area contributed by atoms with Crippen LogP contribution in [0.4, 0.5) is 30.4 Å². The van der Waals surface area contributed by atoms with Gasteiger partial charge in [0.2, 0.25) is 0 Å². The predicted octanol–water partition coefficient (Wildman–Crippen LogP) is 2.52. The first kappa shape index (κ1) is 13.7. The van der Waals surface area contributed by atoms with Gasteiger partial charge >= 0.3 is 5.97 Å². The van der Waals surface area contributed by atoms with Gasteiger partial charge < -0.3 is 16.2 Å². The molecule has 0 atom stereocenters. The molecule has 0 spiro atoms. The Bertz CT molecular complexity index is 692. The van der Waals surface area contributed by atoms with Gasteiger partial charge in [-0.3, -0.25) is 0 Å². The zero-order valence-electron chi connectivity index (χ0n) is 9.82.